The van der Waals surface area contributed by atoms with Gasteiger partial charge in [0.1, 0.15) is 12.6 Å². The molecule has 1 fully saturated rings. The summed E-state index contributed by atoms with van der Waals surface area (Å²) in [5.41, 5.74) is 2.49. The van der Waals surface area contributed by atoms with Gasteiger partial charge in [-0.25, -0.2) is 4.79 Å². The van der Waals surface area contributed by atoms with E-state index >= 15 is 0 Å². The lowest BCUT2D eigenvalue weighted by Gasteiger charge is -2.34. The van der Waals surface area contributed by atoms with Gasteiger partial charge in [-0.2, -0.15) is 11.3 Å². The zero-order chi connectivity index (χ0) is 24.5. The molecular weight excluding hydrogens is 462 g/mol. The molecule has 8 heteroatoms. The van der Waals surface area contributed by atoms with Crippen molar-refractivity contribution < 1.29 is 19.1 Å². The number of carbonyl (C=O) groups excluding carboxylic acids is 3. The zero-order valence-electron chi connectivity index (χ0n) is 19.4. The first-order valence-corrected chi connectivity index (χ1v) is 12.7. The molecule has 0 radical (unpaired) electrons. The van der Waals surface area contributed by atoms with E-state index in [1.807, 2.05) is 71.4 Å². The summed E-state index contributed by atoms with van der Waals surface area (Å²) >= 11 is 1.49. The number of carbonyl (C=O) groups is 3. The largest absolute Gasteiger partial charge is 0.445 e. The van der Waals surface area contributed by atoms with Gasteiger partial charge in [0.15, 0.2) is 0 Å². The smallest absolute Gasteiger partial charge is 0.408 e. The molecule has 35 heavy (non-hydrogen) atoms. The number of hydrogen-bond acceptors (Lipinski definition) is 5. The molecule has 2 heterocycles. The van der Waals surface area contributed by atoms with Crippen molar-refractivity contribution in [2.24, 2.45) is 0 Å². The molecule has 1 saturated heterocycles. The molecule has 4 rings (SSSR count). The first kappa shape index (κ1) is 24.5. The van der Waals surface area contributed by atoms with Gasteiger partial charge < -0.3 is 20.3 Å². The predicted octanol–water partition coefficient (Wildman–Crippen LogP) is 4.01. The van der Waals surface area contributed by atoms with E-state index in [4.69, 9.17) is 4.74 Å². The highest BCUT2D eigenvalue weighted by Crippen LogP contribution is 2.15. The van der Waals surface area contributed by atoms with Crippen molar-refractivity contribution in [3.05, 3.63) is 94.2 Å². The first-order chi connectivity index (χ1) is 17.1. The Labute approximate surface area is 209 Å². The van der Waals surface area contributed by atoms with Crippen LogP contribution in [0.2, 0.25) is 0 Å². The highest BCUT2D eigenvalue weighted by Gasteiger charge is 2.30. The number of nitrogens with one attached hydrogen (secondary N) is 2. The summed E-state index contributed by atoms with van der Waals surface area (Å²) in [6.07, 6.45) is 1.08. The van der Waals surface area contributed by atoms with E-state index in [-0.39, 0.29) is 24.5 Å². The van der Waals surface area contributed by atoms with Gasteiger partial charge in [0.05, 0.1) is 0 Å². The Morgan fingerprint density at radius 2 is 1.60 bits per heavy atom. The van der Waals surface area contributed by atoms with Crippen molar-refractivity contribution in [1.82, 2.24) is 15.5 Å². The maximum Gasteiger partial charge on any atom is 0.408 e. The van der Waals surface area contributed by atoms with E-state index in [9.17, 15) is 14.4 Å². The van der Waals surface area contributed by atoms with Gasteiger partial charge in [0.2, 0.25) is 5.91 Å². The average molecular weight is 492 g/mol. The van der Waals surface area contributed by atoms with E-state index < -0.39 is 12.1 Å². The van der Waals surface area contributed by atoms with Crippen molar-refractivity contribution >= 4 is 29.2 Å². The molecule has 2 N–H and O–H groups in total. The van der Waals surface area contributed by atoms with Gasteiger partial charge in [-0.15, -0.1) is 0 Å². The second-order valence-corrected chi connectivity index (χ2v) is 9.31. The molecule has 1 aliphatic rings. The summed E-state index contributed by atoms with van der Waals surface area (Å²) in [6, 6.07) is 20.1. The van der Waals surface area contributed by atoms with E-state index in [0.29, 0.717) is 37.9 Å². The quantitative estimate of drug-likeness (QED) is 0.499. The van der Waals surface area contributed by atoms with Gasteiger partial charge in [0, 0.05) is 36.5 Å². The fourth-order valence-corrected chi connectivity index (χ4v) is 4.72. The number of piperidine rings is 1. The number of thiophene rings is 1. The van der Waals surface area contributed by atoms with Crippen LogP contribution in [0.4, 0.5) is 4.79 Å². The fraction of sp³-hybridized carbons (Fsp3) is 0.296. The number of alkyl carbamates (subject to hydrolysis) is 1. The van der Waals surface area contributed by atoms with Crippen LogP contribution in [0.25, 0.3) is 0 Å². The molecular formula is C27H29N3O4S. The molecule has 7 nitrogen and oxygen atoms in total. The van der Waals surface area contributed by atoms with E-state index in [1.165, 1.54) is 11.3 Å². The lowest BCUT2D eigenvalue weighted by Crippen LogP contribution is -2.53. The van der Waals surface area contributed by atoms with E-state index in [0.717, 1.165) is 11.1 Å². The predicted molar refractivity (Wildman–Crippen MR) is 135 cm³/mol. The molecule has 0 saturated carbocycles. The Kier molecular flexibility index (Phi) is 8.51. The second-order valence-electron chi connectivity index (χ2n) is 8.53. The lowest BCUT2D eigenvalue weighted by atomic mass is 10.0. The zero-order valence-corrected chi connectivity index (χ0v) is 20.2. The molecule has 0 unspecified atom stereocenters. The molecule has 3 amide bonds. The Bertz CT molecular complexity index is 1100. The van der Waals surface area contributed by atoms with Gasteiger partial charge in [0.25, 0.3) is 5.91 Å². The van der Waals surface area contributed by atoms with Crippen molar-refractivity contribution in [2.75, 3.05) is 13.1 Å². The summed E-state index contributed by atoms with van der Waals surface area (Å²) in [5.74, 6) is -0.228. The van der Waals surface area contributed by atoms with Crippen LogP contribution in [-0.4, -0.2) is 48.0 Å². The van der Waals surface area contributed by atoms with Crippen LogP contribution in [0.3, 0.4) is 0 Å². The lowest BCUT2D eigenvalue weighted by molar-refractivity contribution is -0.134. The molecule has 1 aromatic heterocycles. The monoisotopic (exact) mass is 491 g/mol. The van der Waals surface area contributed by atoms with Gasteiger partial charge in [-0.3, -0.25) is 9.59 Å². The molecule has 0 spiro atoms. The Morgan fingerprint density at radius 3 is 2.23 bits per heavy atom. The van der Waals surface area contributed by atoms with Crippen molar-refractivity contribution in [3.8, 4) is 0 Å². The average Bonchev–Trinajstić information content (AvgIpc) is 3.44. The van der Waals surface area contributed by atoms with Crippen molar-refractivity contribution in [2.45, 2.75) is 38.0 Å². The summed E-state index contributed by atoms with van der Waals surface area (Å²) < 4.78 is 5.36. The third kappa shape index (κ3) is 7.16. The molecule has 3 aromatic rings. The molecule has 0 bridgehead atoms. The highest BCUT2D eigenvalue weighted by molar-refractivity contribution is 7.08. The van der Waals surface area contributed by atoms with Crippen LogP contribution >= 0.6 is 11.3 Å². The van der Waals surface area contributed by atoms with Crippen molar-refractivity contribution in [1.29, 1.82) is 0 Å². The van der Waals surface area contributed by atoms with Crippen molar-refractivity contribution in [3.63, 3.8) is 0 Å². The maximum absolute atomic E-state index is 13.4. The molecule has 182 valence electrons. The Morgan fingerprint density at radius 1 is 0.943 bits per heavy atom. The second kappa shape index (κ2) is 12.2. The number of rotatable bonds is 8. The maximum atomic E-state index is 13.4. The van der Waals surface area contributed by atoms with Gasteiger partial charge >= 0.3 is 6.09 Å². The fourth-order valence-electron chi connectivity index (χ4n) is 4.08. The number of amides is 3. The minimum absolute atomic E-state index is 0.0165. The minimum atomic E-state index is -0.738. The van der Waals surface area contributed by atoms with Crippen LogP contribution < -0.4 is 10.6 Å². The summed E-state index contributed by atoms with van der Waals surface area (Å²) in [7, 11) is 0. The Balaban J connectivity index is 1.34. The third-order valence-electron chi connectivity index (χ3n) is 6.01. The van der Waals surface area contributed by atoms with E-state index in [1.54, 1.807) is 11.0 Å². The minimum Gasteiger partial charge on any atom is -0.445 e. The molecule has 1 atom stereocenters. The Hall–Kier alpha value is -3.65. The standard InChI is InChI=1S/C27H29N3O4S/c31-25(22-13-16-35-19-22)28-23-11-14-30(15-12-23)26(32)24(17-20-7-3-1-4-8-20)29-27(33)34-18-21-9-5-2-6-10-21/h1-10,13,16,19,23-24H,11-12,14-15,17-18H2,(H,28,31)(H,29,33)/t24-/m0/s1. The van der Waals surface area contributed by atoms with E-state index in [2.05, 4.69) is 10.6 Å². The number of ether oxygens (including phenoxy) is 1. The van der Waals surface area contributed by atoms with Gasteiger partial charge in [-0.1, -0.05) is 60.7 Å². The molecule has 2 aromatic carbocycles. The van der Waals surface area contributed by atoms with Crippen LogP contribution in [-0.2, 0) is 22.6 Å². The SMILES string of the molecule is O=C(N[C@@H](Cc1ccccc1)C(=O)N1CCC(NC(=O)c2ccsc2)CC1)OCc1ccccc1. The molecule has 0 aliphatic carbocycles. The number of hydrogen-bond donors (Lipinski definition) is 2. The van der Waals surface area contributed by atoms with Crippen LogP contribution in [0.5, 0.6) is 0 Å². The normalized spacial score (nSPS) is 14.7. The van der Waals surface area contributed by atoms with Crippen LogP contribution in [0, 0.1) is 0 Å². The first-order valence-electron chi connectivity index (χ1n) is 11.7. The number of nitrogens with zero attached hydrogens (tertiary/aromatic N) is 1. The summed E-state index contributed by atoms with van der Waals surface area (Å²) in [5, 5.41) is 9.53. The summed E-state index contributed by atoms with van der Waals surface area (Å²) in [6.45, 7) is 1.16. The third-order valence-corrected chi connectivity index (χ3v) is 6.69. The summed E-state index contributed by atoms with van der Waals surface area (Å²) in [4.78, 5) is 40.0. The van der Waals surface area contributed by atoms with Crippen LogP contribution in [0.15, 0.2) is 77.5 Å². The number of likely N-dealkylation sites (tertiary alicyclic amines) is 1. The highest BCUT2D eigenvalue weighted by atomic mass is 32.1. The number of benzene rings is 2. The molecule has 1 aliphatic heterocycles. The van der Waals surface area contributed by atoms with Crippen LogP contribution in [0.1, 0.15) is 34.3 Å². The topological polar surface area (TPSA) is 87.7 Å². The van der Waals surface area contributed by atoms with Gasteiger partial charge in [-0.05, 0) is 35.4 Å².